The Labute approximate surface area is 108 Å². The first-order chi connectivity index (χ1) is 8.84. The Balaban J connectivity index is 2.42. The van der Waals surface area contributed by atoms with E-state index in [0.717, 1.165) is 6.07 Å². The van der Waals surface area contributed by atoms with Crippen molar-refractivity contribution >= 4 is 11.7 Å². The fraction of sp³-hybridized carbons (Fsp3) is 0.462. The van der Waals surface area contributed by atoms with Crippen LogP contribution in [0.1, 0.15) is 24.5 Å². The molecule has 1 aromatic carbocycles. The van der Waals surface area contributed by atoms with Crippen molar-refractivity contribution in [3.8, 4) is 0 Å². The molecule has 0 saturated carbocycles. The van der Waals surface area contributed by atoms with Crippen LogP contribution in [0.3, 0.4) is 0 Å². The summed E-state index contributed by atoms with van der Waals surface area (Å²) in [6, 6.07) is 3.64. The Bertz CT molecular complexity index is 499. The van der Waals surface area contributed by atoms with E-state index in [0.29, 0.717) is 12.2 Å². The molecule has 1 N–H and O–H groups in total. The smallest absolute Gasteiger partial charge is 0.416 e. The van der Waals surface area contributed by atoms with Gasteiger partial charge < -0.3 is 10.0 Å². The second-order valence-corrected chi connectivity index (χ2v) is 4.54. The third-order valence-electron chi connectivity index (χ3n) is 3.40. The number of fused-ring (bicyclic) bond motifs is 1. The number of likely N-dealkylation sites (N-methyl/N-ethyl adjacent to an activating group) is 1. The zero-order valence-corrected chi connectivity index (χ0v) is 10.4. The van der Waals surface area contributed by atoms with Crippen LogP contribution in [0.15, 0.2) is 18.2 Å². The molecular formula is C13H14F3NO2. The zero-order valence-electron chi connectivity index (χ0n) is 10.4. The molecular weight excluding hydrogens is 259 g/mol. The van der Waals surface area contributed by atoms with Crippen molar-refractivity contribution in [2.45, 2.75) is 32.0 Å². The van der Waals surface area contributed by atoms with Gasteiger partial charge in [-0.15, -0.1) is 0 Å². The number of rotatable bonds is 3. The Morgan fingerprint density at radius 1 is 1.47 bits per heavy atom. The summed E-state index contributed by atoms with van der Waals surface area (Å²) in [5.41, 5.74) is 0.0583. The Kier molecular flexibility index (Phi) is 3.43. The number of benzene rings is 1. The van der Waals surface area contributed by atoms with Gasteiger partial charge in [0.2, 0.25) is 0 Å². The third kappa shape index (κ3) is 2.52. The highest BCUT2D eigenvalue weighted by atomic mass is 19.4. The van der Waals surface area contributed by atoms with Gasteiger partial charge in [-0.05, 0) is 31.0 Å². The molecule has 1 unspecified atom stereocenters. The van der Waals surface area contributed by atoms with E-state index >= 15 is 0 Å². The van der Waals surface area contributed by atoms with Crippen LogP contribution in [0, 0.1) is 0 Å². The molecule has 1 aliphatic heterocycles. The van der Waals surface area contributed by atoms with E-state index in [4.69, 9.17) is 5.11 Å². The Hall–Kier alpha value is -1.72. The molecule has 0 spiro atoms. The number of anilines is 1. The summed E-state index contributed by atoms with van der Waals surface area (Å²) in [4.78, 5) is 12.5. The van der Waals surface area contributed by atoms with E-state index in [1.54, 1.807) is 11.0 Å². The molecule has 0 saturated heterocycles. The zero-order chi connectivity index (χ0) is 14.2. The third-order valence-corrected chi connectivity index (χ3v) is 3.40. The van der Waals surface area contributed by atoms with E-state index < -0.39 is 23.8 Å². The first-order valence-corrected chi connectivity index (χ1v) is 6.02. The summed E-state index contributed by atoms with van der Waals surface area (Å²) < 4.78 is 38.8. The van der Waals surface area contributed by atoms with Gasteiger partial charge in [0.1, 0.15) is 0 Å². The lowest BCUT2D eigenvalue weighted by Crippen LogP contribution is -2.33. The van der Waals surface area contributed by atoms with Crippen molar-refractivity contribution in [2.24, 2.45) is 0 Å². The number of carbonyl (C=O) groups is 1. The van der Waals surface area contributed by atoms with Crippen LogP contribution in [0.4, 0.5) is 18.9 Å². The summed E-state index contributed by atoms with van der Waals surface area (Å²) in [5, 5.41) is 8.85. The van der Waals surface area contributed by atoms with Gasteiger partial charge in [0.25, 0.3) is 0 Å². The average Bonchev–Trinajstić information content (AvgIpc) is 2.63. The van der Waals surface area contributed by atoms with Gasteiger partial charge in [-0.2, -0.15) is 13.2 Å². The molecule has 1 atom stereocenters. The molecule has 1 heterocycles. The molecule has 104 valence electrons. The van der Waals surface area contributed by atoms with Gasteiger partial charge in [0, 0.05) is 18.3 Å². The second-order valence-electron chi connectivity index (χ2n) is 4.54. The van der Waals surface area contributed by atoms with Crippen molar-refractivity contribution in [3.63, 3.8) is 0 Å². The molecule has 0 amide bonds. The van der Waals surface area contributed by atoms with E-state index in [1.807, 2.05) is 6.92 Å². The first kappa shape index (κ1) is 13.7. The van der Waals surface area contributed by atoms with Gasteiger partial charge in [0.15, 0.2) is 0 Å². The summed E-state index contributed by atoms with van der Waals surface area (Å²) in [6.07, 6.45) is -4.42. The summed E-state index contributed by atoms with van der Waals surface area (Å²) in [5.74, 6) is -0.996. The van der Waals surface area contributed by atoms with Crippen molar-refractivity contribution in [2.75, 3.05) is 11.4 Å². The van der Waals surface area contributed by atoms with Crippen molar-refractivity contribution in [1.82, 2.24) is 0 Å². The van der Waals surface area contributed by atoms with E-state index in [9.17, 15) is 18.0 Å². The molecule has 0 bridgehead atoms. The molecule has 6 heteroatoms. The van der Waals surface area contributed by atoms with E-state index in [2.05, 4.69) is 0 Å². The summed E-state index contributed by atoms with van der Waals surface area (Å²) in [7, 11) is 0. The number of halogens is 3. The van der Waals surface area contributed by atoms with E-state index in [1.165, 1.54) is 6.07 Å². The highest BCUT2D eigenvalue weighted by Crippen LogP contribution is 2.41. The molecule has 0 radical (unpaired) electrons. The normalized spacial score (nSPS) is 18.5. The fourth-order valence-corrected chi connectivity index (χ4v) is 2.68. The molecule has 19 heavy (non-hydrogen) atoms. The minimum Gasteiger partial charge on any atom is -0.481 e. The monoisotopic (exact) mass is 273 g/mol. The van der Waals surface area contributed by atoms with Crippen LogP contribution in [-0.2, 0) is 17.4 Å². The maximum absolute atomic E-state index is 12.9. The molecule has 2 rings (SSSR count). The standard InChI is InChI=1S/C13H14F3NO2/c1-2-17-8(7-12(18)19)6-9-10(13(14,15)16)4-3-5-11(9)17/h3-5,8H,2,6-7H2,1H3,(H,18,19). The SMILES string of the molecule is CCN1c2cccc(C(F)(F)F)c2CC1CC(=O)O. The van der Waals surface area contributed by atoms with Crippen LogP contribution in [0.5, 0.6) is 0 Å². The van der Waals surface area contributed by atoms with Gasteiger partial charge in [-0.25, -0.2) is 0 Å². The van der Waals surface area contributed by atoms with Crippen LogP contribution in [-0.4, -0.2) is 23.7 Å². The number of nitrogens with zero attached hydrogens (tertiary/aromatic N) is 1. The first-order valence-electron chi connectivity index (χ1n) is 6.02. The van der Waals surface area contributed by atoms with Crippen molar-refractivity contribution in [1.29, 1.82) is 0 Å². The number of carboxylic acids is 1. The molecule has 0 aromatic heterocycles. The number of alkyl halides is 3. The quantitative estimate of drug-likeness (QED) is 0.920. The van der Waals surface area contributed by atoms with E-state index in [-0.39, 0.29) is 18.4 Å². The highest BCUT2D eigenvalue weighted by Gasteiger charge is 2.39. The summed E-state index contributed by atoms with van der Waals surface area (Å²) >= 11 is 0. The average molecular weight is 273 g/mol. The maximum Gasteiger partial charge on any atom is 0.416 e. The van der Waals surface area contributed by atoms with Gasteiger partial charge in [-0.3, -0.25) is 4.79 Å². The second kappa shape index (κ2) is 4.75. The fourth-order valence-electron chi connectivity index (χ4n) is 2.68. The van der Waals surface area contributed by atoms with Crippen LogP contribution < -0.4 is 4.90 Å². The van der Waals surface area contributed by atoms with Crippen LogP contribution >= 0.6 is 0 Å². The van der Waals surface area contributed by atoms with Crippen LogP contribution in [0.2, 0.25) is 0 Å². The number of aliphatic carboxylic acids is 1. The molecule has 3 nitrogen and oxygen atoms in total. The number of carboxylic acid groups (broad SMARTS) is 1. The molecule has 0 aliphatic carbocycles. The van der Waals surface area contributed by atoms with Gasteiger partial charge in [0.05, 0.1) is 12.0 Å². The lowest BCUT2D eigenvalue weighted by molar-refractivity contribution is -0.138. The largest absolute Gasteiger partial charge is 0.481 e. The minimum absolute atomic E-state index is 0.130. The molecule has 1 aliphatic rings. The Morgan fingerprint density at radius 2 is 2.16 bits per heavy atom. The van der Waals surface area contributed by atoms with Gasteiger partial charge >= 0.3 is 12.1 Å². The van der Waals surface area contributed by atoms with Crippen LogP contribution in [0.25, 0.3) is 0 Å². The minimum atomic E-state index is -4.40. The number of hydrogen-bond donors (Lipinski definition) is 1. The Morgan fingerprint density at radius 3 is 2.68 bits per heavy atom. The predicted octanol–water partition coefficient (Wildman–Crippen LogP) is 2.93. The van der Waals surface area contributed by atoms with Crippen molar-refractivity contribution in [3.05, 3.63) is 29.3 Å². The highest BCUT2D eigenvalue weighted by molar-refractivity contribution is 5.71. The lowest BCUT2D eigenvalue weighted by atomic mass is 10.0. The lowest BCUT2D eigenvalue weighted by Gasteiger charge is -2.24. The maximum atomic E-state index is 12.9. The molecule has 0 fully saturated rings. The number of hydrogen-bond acceptors (Lipinski definition) is 2. The summed E-state index contributed by atoms with van der Waals surface area (Å²) in [6.45, 7) is 2.30. The topological polar surface area (TPSA) is 40.5 Å². The van der Waals surface area contributed by atoms with Gasteiger partial charge in [-0.1, -0.05) is 6.07 Å². The van der Waals surface area contributed by atoms with Crippen molar-refractivity contribution < 1.29 is 23.1 Å². The molecule has 1 aromatic rings. The predicted molar refractivity (Wildman–Crippen MR) is 64.2 cm³/mol.